The number of aromatic nitrogens is 3. The van der Waals surface area contributed by atoms with Crippen LogP contribution in [0.5, 0.6) is 0 Å². The van der Waals surface area contributed by atoms with Crippen LogP contribution in [-0.4, -0.2) is 14.5 Å². The van der Waals surface area contributed by atoms with E-state index in [2.05, 4.69) is 15.3 Å². The van der Waals surface area contributed by atoms with Crippen LogP contribution in [0.2, 0.25) is 10.0 Å². The number of aryl methyl sites for hydroxylation is 1. The number of imidazole rings is 1. The second kappa shape index (κ2) is 5.76. The highest BCUT2D eigenvalue weighted by molar-refractivity contribution is 6.33. The van der Waals surface area contributed by atoms with Gasteiger partial charge in [0.1, 0.15) is 5.82 Å². The summed E-state index contributed by atoms with van der Waals surface area (Å²) in [6, 6.07) is 9.19. The zero-order valence-corrected chi connectivity index (χ0v) is 12.7. The van der Waals surface area contributed by atoms with Gasteiger partial charge < -0.3 is 9.88 Å². The normalized spacial score (nSPS) is 10.6. The van der Waals surface area contributed by atoms with Crippen molar-refractivity contribution in [2.75, 3.05) is 5.32 Å². The molecular formula is C15H12Cl2N4. The Hall–Kier alpha value is -2.04. The molecule has 106 valence electrons. The Morgan fingerprint density at radius 1 is 1.10 bits per heavy atom. The summed E-state index contributed by atoms with van der Waals surface area (Å²) < 4.78 is 1.88. The van der Waals surface area contributed by atoms with Crippen LogP contribution in [0.15, 0.2) is 49.1 Å². The van der Waals surface area contributed by atoms with Crippen LogP contribution in [0.3, 0.4) is 0 Å². The van der Waals surface area contributed by atoms with Gasteiger partial charge in [-0.3, -0.25) is 0 Å². The number of benzene rings is 1. The molecule has 1 aromatic carbocycles. The molecule has 0 spiro atoms. The first-order chi connectivity index (χ1) is 10.1. The molecule has 0 fully saturated rings. The largest absolute Gasteiger partial charge is 0.339 e. The predicted octanol–water partition coefficient (Wildman–Crippen LogP) is 4.63. The highest BCUT2D eigenvalue weighted by atomic mass is 35.5. The summed E-state index contributed by atoms with van der Waals surface area (Å²) in [7, 11) is 0. The molecule has 0 saturated carbocycles. The van der Waals surface area contributed by atoms with Gasteiger partial charge in [0.05, 0.1) is 28.9 Å². The van der Waals surface area contributed by atoms with Crippen molar-refractivity contribution in [1.82, 2.24) is 14.5 Å². The Kier molecular flexibility index (Phi) is 3.82. The third kappa shape index (κ3) is 3.17. The molecule has 2 heterocycles. The van der Waals surface area contributed by atoms with Gasteiger partial charge in [-0.05, 0) is 37.3 Å². The average molecular weight is 319 g/mol. The summed E-state index contributed by atoms with van der Waals surface area (Å²) in [4.78, 5) is 8.54. The average Bonchev–Trinajstić information content (AvgIpc) is 2.90. The quantitative estimate of drug-likeness (QED) is 0.765. The molecule has 0 saturated heterocycles. The minimum absolute atomic E-state index is 0.536. The predicted molar refractivity (Wildman–Crippen MR) is 85.8 cm³/mol. The maximum atomic E-state index is 6.28. The topological polar surface area (TPSA) is 42.7 Å². The monoisotopic (exact) mass is 318 g/mol. The van der Waals surface area contributed by atoms with Crippen LogP contribution in [-0.2, 0) is 0 Å². The Labute approximate surface area is 132 Å². The van der Waals surface area contributed by atoms with E-state index in [9.17, 15) is 0 Å². The molecule has 2 aromatic heterocycles. The number of hydrogen-bond donors (Lipinski definition) is 1. The standard InChI is InChI=1S/C15H12Cl2N4/c1-10-8-21(9-19-10)13-6-14(17)15(18-7-13)20-12-4-2-11(16)3-5-12/h2-9H,1H3,(H,18,20). The zero-order valence-electron chi connectivity index (χ0n) is 11.2. The molecule has 0 aliphatic carbocycles. The molecule has 0 atom stereocenters. The van der Waals surface area contributed by atoms with Crippen LogP contribution in [0, 0.1) is 6.92 Å². The fraction of sp³-hybridized carbons (Fsp3) is 0.0667. The summed E-state index contributed by atoms with van der Waals surface area (Å²) in [5.74, 6) is 0.597. The lowest BCUT2D eigenvalue weighted by Gasteiger charge is -2.09. The van der Waals surface area contributed by atoms with Crippen molar-refractivity contribution in [3.8, 4) is 5.69 Å². The number of nitrogens with one attached hydrogen (secondary N) is 1. The molecule has 3 aromatic rings. The van der Waals surface area contributed by atoms with Crippen molar-refractivity contribution in [2.45, 2.75) is 6.92 Å². The number of halogens is 2. The van der Waals surface area contributed by atoms with E-state index >= 15 is 0 Å². The third-order valence-electron chi connectivity index (χ3n) is 2.94. The van der Waals surface area contributed by atoms with Gasteiger partial charge in [-0.2, -0.15) is 0 Å². The highest BCUT2D eigenvalue weighted by Crippen LogP contribution is 2.26. The highest BCUT2D eigenvalue weighted by Gasteiger charge is 2.06. The summed E-state index contributed by atoms with van der Waals surface area (Å²) in [6.45, 7) is 1.93. The van der Waals surface area contributed by atoms with Gasteiger partial charge in [-0.1, -0.05) is 23.2 Å². The Morgan fingerprint density at radius 2 is 1.86 bits per heavy atom. The van der Waals surface area contributed by atoms with Gasteiger partial charge in [0, 0.05) is 16.9 Å². The van der Waals surface area contributed by atoms with E-state index in [0.717, 1.165) is 17.1 Å². The second-order valence-corrected chi connectivity index (χ2v) is 5.42. The number of pyridine rings is 1. The van der Waals surface area contributed by atoms with Crippen LogP contribution >= 0.6 is 23.2 Å². The Balaban J connectivity index is 1.86. The summed E-state index contributed by atoms with van der Waals surface area (Å²) in [5, 5.41) is 4.38. The van der Waals surface area contributed by atoms with E-state index < -0.39 is 0 Å². The molecule has 21 heavy (non-hydrogen) atoms. The van der Waals surface area contributed by atoms with E-state index in [-0.39, 0.29) is 0 Å². The lowest BCUT2D eigenvalue weighted by molar-refractivity contribution is 1.04. The maximum Gasteiger partial charge on any atom is 0.149 e. The Bertz CT molecular complexity index is 766. The molecule has 6 heteroatoms. The summed E-state index contributed by atoms with van der Waals surface area (Å²) >= 11 is 12.1. The van der Waals surface area contributed by atoms with Gasteiger partial charge >= 0.3 is 0 Å². The number of anilines is 2. The molecule has 1 N–H and O–H groups in total. The van der Waals surface area contributed by atoms with E-state index in [1.54, 1.807) is 24.7 Å². The van der Waals surface area contributed by atoms with Crippen molar-refractivity contribution < 1.29 is 0 Å². The van der Waals surface area contributed by atoms with Crippen LogP contribution in [0.1, 0.15) is 5.69 Å². The maximum absolute atomic E-state index is 6.28. The number of nitrogens with zero attached hydrogens (tertiary/aromatic N) is 3. The summed E-state index contributed by atoms with van der Waals surface area (Å²) in [6.07, 6.45) is 5.39. The van der Waals surface area contributed by atoms with Crippen LogP contribution in [0.25, 0.3) is 5.69 Å². The van der Waals surface area contributed by atoms with Crippen molar-refractivity contribution in [1.29, 1.82) is 0 Å². The van der Waals surface area contributed by atoms with Crippen molar-refractivity contribution in [2.24, 2.45) is 0 Å². The summed E-state index contributed by atoms with van der Waals surface area (Å²) in [5.41, 5.74) is 2.68. The SMILES string of the molecule is Cc1cn(-c2cnc(Nc3ccc(Cl)cc3)c(Cl)c2)cn1. The molecule has 4 nitrogen and oxygen atoms in total. The zero-order chi connectivity index (χ0) is 14.8. The van der Waals surface area contributed by atoms with Crippen LogP contribution < -0.4 is 5.32 Å². The second-order valence-electron chi connectivity index (χ2n) is 4.58. The third-order valence-corrected chi connectivity index (χ3v) is 3.48. The fourth-order valence-corrected chi connectivity index (χ4v) is 2.23. The molecular weight excluding hydrogens is 307 g/mol. The van der Waals surface area contributed by atoms with Gasteiger partial charge in [-0.25, -0.2) is 9.97 Å². The molecule has 0 radical (unpaired) electrons. The van der Waals surface area contributed by atoms with Crippen LogP contribution in [0.4, 0.5) is 11.5 Å². The van der Waals surface area contributed by atoms with Crippen molar-refractivity contribution in [3.63, 3.8) is 0 Å². The molecule has 0 aliphatic heterocycles. The van der Waals surface area contributed by atoms with Crippen molar-refractivity contribution in [3.05, 3.63) is 64.8 Å². The van der Waals surface area contributed by atoms with E-state index in [0.29, 0.717) is 15.9 Å². The molecule has 0 bridgehead atoms. The molecule has 0 aliphatic rings. The van der Waals surface area contributed by atoms with E-state index in [4.69, 9.17) is 23.2 Å². The van der Waals surface area contributed by atoms with Crippen molar-refractivity contribution >= 4 is 34.7 Å². The van der Waals surface area contributed by atoms with Gasteiger partial charge in [-0.15, -0.1) is 0 Å². The minimum atomic E-state index is 0.536. The lowest BCUT2D eigenvalue weighted by atomic mass is 10.3. The first-order valence-corrected chi connectivity index (χ1v) is 7.06. The minimum Gasteiger partial charge on any atom is -0.339 e. The first kappa shape index (κ1) is 13.9. The first-order valence-electron chi connectivity index (χ1n) is 6.31. The lowest BCUT2D eigenvalue weighted by Crippen LogP contribution is -1.97. The Morgan fingerprint density at radius 3 is 2.48 bits per heavy atom. The number of rotatable bonds is 3. The smallest absolute Gasteiger partial charge is 0.149 e. The van der Waals surface area contributed by atoms with Gasteiger partial charge in [0.2, 0.25) is 0 Å². The number of hydrogen-bond acceptors (Lipinski definition) is 3. The van der Waals surface area contributed by atoms with Gasteiger partial charge in [0.25, 0.3) is 0 Å². The van der Waals surface area contributed by atoms with E-state index in [1.165, 1.54) is 0 Å². The molecule has 3 rings (SSSR count). The molecule has 0 amide bonds. The fourth-order valence-electron chi connectivity index (χ4n) is 1.89. The van der Waals surface area contributed by atoms with Gasteiger partial charge in [0.15, 0.2) is 0 Å². The molecule has 0 unspecified atom stereocenters. The van der Waals surface area contributed by atoms with E-state index in [1.807, 2.05) is 35.9 Å².